The predicted molar refractivity (Wildman–Crippen MR) is 132 cm³/mol. The summed E-state index contributed by atoms with van der Waals surface area (Å²) in [4.78, 5) is 36.4. The quantitative estimate of drug-likeness (QED) is 0.435. The minimum absolute atomic E-state index is 0.0546. The Kier molecular flexibility index (Phi) is 7.45. The number of ether oxygens (including phenoxy) is 1. The zero-order valence-electron chi connectivity index (χ0n) is 19.4. The normalized spacial score (nSPS) is 13.7. The molecule has 180 valence electrons. The van der Waals surface area contributed by atoms with Crippen LogP contribution in [-0.2, 0) is 20.7 Å². The van der Waals surface area contributed by atoms with Gasteiger partial charge in [-0.3, -0.25) is 4.79 Å². The first kappa shape index (κ1) is 24.0. The average molecular weight is 473 g/mol. The topological polar surface area (TPSA) is 105 Å². The van der Waals surface area contributed by atoms with Gasteiger partial charge in [0.15, 0.2) is 0 Å². The van der Waals surface area contributed by atoms with Gasteiger partial charge in [-0.1, -0.05) is 78.9 Å². The standard InChI is InChI=1S/C28H28N2O5/c1-18(15-26(31)30-25(27(32)33)16-19-9-3-2-4-10-19)29-28(34)35-17-24-22-13-7-5-11-20(22)21-12-6-8-14-23(21)24/h2-14,18,24-25H,15-17H2,1H3,(H,29,34)(H,30,31)(H,32,33). The molecule has 0 radical (unpaired) electrons. The van der Waals surface area contributed by atoms with Crippen LogP contribution in [0.4, 0.5) is 4.79 Å². The second kappa shape index (κ2) is 10.9. The Morgan fingerprint density at radius 2 is 1.43 bits per heavy atom. The average Bonchev–Trinajstić information content (AvgIpc) is 3.16. The summed E-state index contributed by atoms with van der Waals surface area (Å²) in [6.45, 7) is 1.85. The molecule has 0 saturated heterocycles. The van der Waals surface area contributed by atoms with Crippen molar-refractivity contribution in [2.45, 2.75) is 37.8 Å². The molecule has 3 N–H and O–H groups in total. The van der Waals surface area contributed by atoms with E-state index < -0.39 is 30.1 Å². The van der Waals surface area contributed by atoms with Gasteiger partial charge < -0.3 is 20.5 Å². The SMILES string of the molecule is CC(CC(=O)NC(Cc1ccccc1)C(=O)O)NC(=O)OCC1c2ccccc2-c2ccccc21. The number of benzene rings is 3. The molecule has 7 heteroatoms. The highest BCUT2D eigenvalue weighted by Gasteiger charge is 2.29. The van der Waals surface area contributed by atoms with Crippen molar-refractivity contribution >= 4 is 18.0 Å². The van der Waals surface area contributed by atoms with Crippen molar-refractivity contribution in [2.75, 3.05) is 6.61 Å². The van der Waals surface area contributed by atoms with Crippen LogP contribution in [0, 0.1) is 0 Å². The Hall–Kier alpha value is -4.13. The van der Waals surface area contributed by atoms with Crippen LogP contribution in [0.2, 0.25) is 0 Å². The van der Waals surface area contributed by atoms with E-state index in [1.54, 1.807) is 6.92 Å². The molecular weight excluding hydrogens is 444 g/mol. The summed E-state index contributed by atoms with van der Waals surface area (Å²) in [5.41, 5.74) is 5.33. The van der Waals surface area contributed by atoms with Crippen molar-refractivity contribution in [2.24, 2.45) is 0 Å². The fourth-order valence-electron chi connectivity index (χ4n) is 4.47. The number of hydrogen-bond acceptors (Lipinski definition) is 4. The zero-order valence-corrected chi connectivity index (χ0v) is 19.4. The number of carbonyl (C=O) groups excluding carboxylic acids is 2. The summed E-state index contributed by atoms with van der Waals surface area (Å²) < 4.78 is 5.51. The first-order chi connectivity index (χ1) is 16.9. The lowest BCUT2D eigenvalue weighted by molar-refractivity contribution is -0.141. The summed E-state index contributed by atoms with van der Waals surface area (Å²) in [5.74, 6) is -1.62. The lowest BCUT2D eigenvalue weighted by atomic mass is 9.98. The van der Waals surface area contributed by atoms with E-state index in [9.17, 15) is 19.5 Å². The maximum atomic E-state index is 12.4. The van der Waals surface area contributed by atoms with Crippen molar-refractivity contribution in [3.8, 4) is 11.1 Å². The lowest BCUT2D eigenvalue weighted by Crippen LogP contribution is -2.45. The summed E-state index contributed by atoms with van der Waals surface area (Å²) in [6.07, 6.45) is -0.509. The van der Waals surface area contributed by atoms with Crippen LogP contribution in [0.3, 0.4) is 0 Å². The van der Waals surface area contributed by atoms with E-state index in [2.05, 4.69) is 22.8 Å². The summed E-state index contributed by atoms with van der Waals surface area (Å²) >= 11 is 0. The first-order valence-corrected chi connectivity index (χ1v) is 11.6. The number of rotatable bonds is 9. The highest BCUT2D eigenvalue weighted by molar-refractivity contribution is 5.84. The van der Waals surface area contributed by atoms with Gasteiger partial charge >= 0.3 is 12.1 Å². The molecule has 4 rings (SSSR count). The van der Waals surface area contributed by atoms with Gasteiger partial charge in [0, 0.05) is 24.8 Å². The molecule has 0 saturated carbocycles. The third kappa shape index (κ3) is 5.87. The van der Waals surface area contributed by atoms with E-state index in [0.717, 1.165) is 27.8 Å². The number of alkyl carbamates (subject to hydrolysis) is 1. The van der Waals surface area contributed by atoms with E-state index in [-0.39, 0.29) is 25.4 Å². The van der Waals surface area contributed by atoms with E-state index in [1.165, 1.54) is 0 Å². The molecule has 0 aromatic heterocycles. The predicted octanol–water partition coefficient (Wildman–Crippen LogP) is 4.12. The van der Waals surface area contributed by atoms with Crippen LogP contribution in [0.1, 0.15) is 36.0 Å². The van der Waals surface area contributed by atoms with Crippen molar-refractivity contribution in [1.29, 1.82) is 0 Å². The van der Waals surface area contributed by atoms with Crippen LogP contribution in [0.25, 0.3) is 11.1 Å². The van der Waals surface area contributed by atoms with Crippen molar-refractivity contribution in [3.63, 3.8) is 0 Å². The third-order valence-corrected chi connectivity index (χ3v) is 6.12. The zero-order chi connectivity index (χ0) is 24.8. The van der Waals surface area contributed by atoms with Crippen molar-refractivity contribution in [1.82, 2.24) is 10.6 Å². The first-order valence-electron chi connectivity index (χ1n) is 11.6. The van der Waals surface area contributed by atoms with Gasteiger partial charge in [-0.05, 0) is 34.7 Å². The Morgan fingerprint density at radius 3 is 2.03 bits per heavy atom. The molecule has 0 heterocycles. The Balaban J connectivity index is 1.28. The van der Waals surface area contributed by atoms with Crippen molar-refractivity contribution < 1.29 is 24.2 Å². The van der Waals surface area contributed by atoms with Gasteiger partial charge in [0.25, 0.3) is 0 Å². The maximum Gasteiger partial charge on any atom is 0.407 e. The number of nitrogens with one attached hydrogen (secondary N) is 2. The molecule has 3 aromatic rings. The van der Waals surface area contributed by atoms with Gasteiger partial charge in [-0.2, -0.15) is 0 Å². The van der Waals surface area contributed by atoms with Crippen LogP contribution in [-0.4, -0.2) is 41.8 Å². The monoisotopic (exact) mass is 472 g/mol. The minimum Gasteiger partial charge on any atom is -0.480 e. The van der Waals surface area contributed by atoms with Gasteiger partial charge in [-0.15, -0.1) is 0 Å². The molecule has 2 unspecified atom stereocenters. The highest BCUT2D eigenvalue weighted by atomic mass is 16.5. The van der Waals surface area contributed by atoms with E-state index in [1.807, 2.05) is 66.7 Å². The van der Waals surface area contributed by atoms with Gasteiger partial charge in [0.05, 0.1) is 0 Å². The van der Waals surface area contributed by atoms with Crippen molar-refractivity contribution in [3.05, 3.63) is 95.6 Å². The van der Waals surface area contributed by atoms with Gasteiger partial charge in [0.2, 0.25) is 5.91 Å². The maximum absolute atomic E-state index is 12.4. The number of amides is 2. The third-order valence-electron chi connectivity index (χ3n) is 6.12. The Bertz CT molecular complexity index is 1170. The Morgan fingerprint density at radius 1 is 0.857 bits per heavy atom. The van der Waals surface area contributed by atoms with E-state index >= 15 is 0 Å². The number of carboxylic acid groups (broad SMARTS) is 1. The highest BCUT2D eigenvalue weighted by Crippen LogP contribution is 2.44. The smallest absolute Gasteiger partial charge is 0.407 e. The minimum atomic E-state index is -1.11. The molecule has 35 heavy (non-hydrogen) atoms. The van der Waals surface area contributed by atoms with E-state index in [0.29, 0.717) is 0 Å². The van der Waals surface area contributed by atoms with E-state index in [4.69, 9.17) is 4.74 Å². The summed E-state index contributed by atoms with van der Waals surface area (Å²) in [6, 6.07) is 23.7. The lowest BCUT2D eigenvalue weighted by Gasteiger charge is -2.19. The van der Waals surface area contributed by atoms with Crippen LogP contribution in [0.15, 0.2) is 78.9 Å². The second-order valence-electron chi connectivity index (χ2n) is 8.72. The number of carbonyl (C=O) groups is 3. The largest absolute Gasteiger partial charge is 0.480 e. The molecule has 2 amide bonds. The molecule has 0 aliphatic heterocycles. The molecular formula is C28H28N2O5. The molecule has 0 bridgehead atoms. The number of fused-ring (bicyclic) bond motifs is 3. The molecule has 0 spiro atoms. The molecule has 0 fully saturated rings. The summed E-state index contributed by atoms with van der Waals surface area (Å²) in [5, 5.41) is 14.7. The fourth-order valence-corrected chi connectivity index (χ4v) is 4.47. The van der Waals surface area contributed by atoms with Crippen LogP contribution >= 0.6 is 0 Å². The van der Waals surface area contributed by atoms with Gasteiger partial charge in [-0.25, -0.2) is 9.59 Å². The molecule has 1 aliphatic rings. The molecule has 1 aliphatic carbocycles. The molecule has 7 nitrogen and oxygen atoms in total. The molecule has 2 atom stereocenters. The van der Waals surface area contributed by atoms with Crippen LogP contribution in [0.5, 0.6) is 0 Å². The molecule has 3 aromatic carbocycles. The number of hydrogen-bond donors (Lipinski definition) is 3. The van der Waals surface area contributed by atoms with Gasteiger partial charge in [0.1, 0.15) is 12.6 Å². The fraction of sp³-hybridized carbons (Fsp3) is 0.250. The number of aliphatic carboxylic acids is 1. The second-order valence-corrected chi connectivity index (χ2v) is 8.72. The number of carboxylic acids is 1. The van der Waals surface area contributed by atoms with Crippen LogP contribution < -0.4 is 10.6 Å². The Labute approximate surface area is 204 Å². The summed E-state index contributed by atoms with van der Waals surface area (Å²) in [7, 11) is 0.